The molecule has 94 valence electrons. The van der Waals surface area contributed by atoms with Gasteiger partial charge in [0.05, 0.1) is 6.61 Å². The number of benzene rings is 2. The lowest BCUT2D eigenvalue weighted by atomic mass is 10.00. The first kappa shape index (κ1) is 12.5. The van der Waals surface area contributed by atoms with Crippen molar-refractivity contribution in [2.45, 2.75) is 13.5 Å². The SMILES string of the molecule is CCOCc1cc(O)ccc1-c1ccc(O)cc1. The molecule has 0 aromatic heterocycles. The van der Waals surface area contributed by atoms with Crippen LogP contribution >= 0.6 is 0 Å². The Morgan fingerprint density at radius 1 is 0.944 bits per heavy atom. The quantitative estimate of drug-likeness (QED) is 0.867. The van der Waals surface area contributed by atoms with Crippen molar-refractivity contribution in [1.82, 2.24) is 0 Å². The second-order valence-electron chi connectivity index (χ2n) is 4.03. The van der Waals surface area contributed by atoms with Crippen molar-refractivity contribution in [3.05, 3.63) is 48.0 Å². The van der Waals surface area contributed by atoms with Crippen LogP contribution in [0.15, 0.2) is 42.5 Å². The number of aromatic hydroxyl groups is 2. The predicted octanol–water partition coefficient (Wildman–Crippen LogP) is 3.30. The first-order chi connectivity index (χ1) is 8.70. The fraction of sp³-hybridized carbons (Fsp3) is 0.200. The molecule has 18 heavy (non-hydrogen) atoms. The van der Waals surface area contributed by atoms with Crippen LogP contribution in [0.25, 0.3) is 11.1 Å². The predicted molar refractivity (Wildman–Crippen MR) is 70.5 cm³/mol. The van der Waals surface area contributed by atoms with E-state index in [9.17, 15) is 10.2 Å². The van der Waals surface area contributed by atoms with E-state index < -0.39 is 0 Å². The van der Waals surface area contributed by atoms with Crippen LogP contribution in [0.4, 0.5) is 0 Å². The van der Waals surface area contributed by atoms with Gasteiger partial charge >= 0.3 is 0 Å². The first-order valence-electron chi connectivity index (χ1n) is 5.89. The Labute approximate surface area is 106 Å². The third-order valence-corrected chi connectivity index (χ3v) is 2.73. The zero-order valence-electron chi connectivity index (χ0n) is 10.3. The molecule has 0 aliphatic rings. The summed E-state index contributed by atoms with van der Waals surface area (Å²) in [6, 6.07) is 12.2. The highest BCUT2D eigenvalue weighted by Gasteiger charge is 2.06. The number of hydrogen-bond acceptors (Lipinski definition) is 3. The second kappa shape index (κ2) is 5.56. The van der Waals surface area contributed by atoms with Crippen LogP contribution < -0.4 is 0 Å². The monoisotopic (exact) mass is 244 g/mol. The molecule has 0 fully saturated rings. The molecule has 0 aliphatic heterocycles. The summed E-state index contributed by atoms with van der Waals surface area (Å²) in [7, 11) is 0. The Morgan fingerprint density at radius 2 is 1.61 bits per heavy atom. The van der Waals surface area contributed by atoms with Crippen LogP contribution in [0.2, 0.25) is 0 Å². The van der Waals surface area contributed by atoms with Crippen molar-refractivity contribution in [2.75, 3.05) is 6.61 Å². The smallest absolute Gasteiger partial charge is 0.115 e. The minimum atomic E-state index is 0.229. The molecule has 2 rings (SSSR count). The Balaban J connectivity index is 2.39. The van der Waals surface area contributed by atoms with Crippen molar-refractivity contribution < 1.29 is 14.9 Å². The van der Waals surface area contributed by atoms with Gasteiger partial charge in [-0.3, -0.25) is 0 Å². The lowest BCUT2D eigenvalue weighted by Gasteiger charge is -2.10. The van der Waals surface area contributed by atoms with Crippen LogP contribution in [-0.4, -0.2) is 16.8 Å². The van der Waals surface area contributed by atoms with Crippen LogP contribution in [0.5, 0.6) is 11.5 Å². The molecule has 0 spiro atoms. The zero-order chi connectivity index (χ0) is 13.0. The molecule has 0 heterocycles. The Morgan fingerprint density at radius 3 is 2.28 bits per heavy atom. The van der Waals surface area contributed by atoms with Gasteiger partial charge in [-0.2, -0.15) is 0 Å². The third kappa shape index (κ3) is 2.81. The number of phenolic OH excluding ortho intramolecular Hbond substituents is 2. The van der Waals surface area contributed by atoms with E-state index in [0.29, 0.717) is 13.2 Å². The molecule has 2 aromatic carbocycles. The number of rotatable bonds is 4. The molecule has 0 saturated carbocycles. The van der Waals surface area contributed by atoms with Crippen LogP contribution in [-0.2, 0) is 11.3 Å². The van der Waals surface area contributed by atoms with E-state index in [-0.39, 0.29) is 11.5 Å². The summed E-state index contributed by atoms with van der Waals surface area (Å²) in [5, 5.41) is 18.8. The van der Waals surface area contributed by atoms with E-state index in [1.807, 2.05) is 25.1 Å². The lowest BCUT2D eigenvalue weighted by molar-refractivity contribution is 0.134. The maximum absolute atomic E-state index is 9.53. The average molecular weight is 244 g/mol. The van der Waals surface area contributed by atoms with Gasteiger partial charge in [0.25, 0.3) is 0 Å². The molecule has 3 heteroatoms. The topological polar surface area (TPSA) is 49.7 Å². The fourth-order valence-corrected chi connectivity index (χ4v) is 1.83. The summed E-state index contributed by atoms with van der Waals surface area (Å²) < 4.78 is 5.40. The van der Waals surface area contributed by atoms with E-state index in [2.05, 4.69) is 0 Å². The summed E-state index contributed by atoms with van der Waals surface area (Å²) >= 11 is 0. The summed E-state index contributed by atoms with van der Waals surface area (Å²) in [4.78, 5) is 0. The van der Waals surface area contributed by atoms with Crippen LogP contribution in [0.1, 0.15) is 12.5 Å². The minimum absolute atomic E-state index is 0.229. The molecule has 0 aliphatic carbocycles. The van der Waals surface area contributed by atoms with Crippen molar-refractivity contribution in [3.63, 3.8) is 0 Å². The molecular formula is C15H16O3. The number of phenols is 2. The number of hydrogen-bond donors (Lipinski definition) is 2. The van der Waals surface area contributed by atoms with Crippen LogP contribution in [0, 0.1) is 0 Å². The second-order valence-corrected chi connectivity index (χ2v) is 4.03. The largest absolute Gasteiger partial charge is 0.508 e. The number of ether oxygens (including phenoxy) is 1. The maximum Gasteiger partial charge on any atom is 0.115 e. The lowest BCUT2D eigenvalue weighted by Crippen LogP contribution is -1.95. The highest BCUT2D eigenvalue weighted by molar-refractivity contribution is 5.68. The van der Waals surface area contributed by atoms with E-state index >= 15 is 0 Å². The molecule has 0 unspecified atom stereocenters. The van der Waals surface area contributed by atoms with E-state index in [0.717, 1.165) is 16.7 Å². The molecule has 0 atom stereocenters. The molecule has 0 radical (unpaired) electrons. The van der Waals surface area contributed by atoms with E-state index in [4.69, 9.17) is 4.74 Å². The Hall–Kier alpha value is -2.00. The normalized spacial score (nSPS) is 10.5. The van der Waals surface area contributed by atoms with Gasteiger partial charge in [0, 0.05) is 6.61 Å². The highest BCUT2D eigenvalue weighted by Crippen LogP contribution is 2.28. The van der Waals surface area contributed by atoms with E-state index in [1.54, 1.807) is 24.3 Å². The summed E-state index contributed by atoms with van der Waals surface area (Å²) in [5.74, 6) is 0.469. The summed E-state index contributed by atoms with van der Waals surface area (Å²) in [6.07, 6.45) is 0. The highest BCUT2D eigenvalue weighted by atomic mass is 16.5. The van der Waals surface area contributed by atoms with Gasteiger partial charge in [-0.15, -0.1) is 0 Å². The molecule has 0 amide bonds. The van der Waals surface area contributed by atoms with Gasteiger partial charge in [-0.05, 0) is 47.9 Å². The molecule has 0 saturated heterocycles. The van der Waals surface area contributed by atoms with Gasteiger partial charge in [-0.1, -0.05) is 18.2 Å². The van der Waals surface area contributed by atoms with Crippen LogP contribution in [0.3, 0.4) is 0 Å². The average Bonchev–Trinajstić information content (AvgIpc) is 2.38. The fourth-order valence-electron chi connectivity index (χ4n) is 1.83. The zero-order valence-corrected chi connectivity index (χ0v) is 10.3. The van der Waals surface area contributed by atoms with Crippen molar-refractivity contribution in [1.29, 1.82) is 0 Å². The van der Waals surface area contributed by atoms with Gasteiger partial charge in [0.15, 0.2) is 0 Å². The van der Waals surface area contributed by atoms with Crippen molar-refractivity contribution in [2.24, 2.45) is 0 Å². The van der Waals surface area contributed by atoms with E-state index in [1.165, 1.54) is 0 Å². The van der Waals surface area contributed by atoms with Gasteiger partial charge in [-0.25, -0.2) is 0 Å². The van der Waals surface area contributed by atoms with Crippen molar-refractivity contribution in [3.8, 4) is 22.6 Å². The van der Waals surface area contributed by atoms with Gasteiger partial charge < -0.3 is 14.9 Å². The van der Waals surface area contributed by atoms with Gasteiger partial charge in [0.2, 0.25) is 0 Å². The maximum atomic E-state index is 9.53. The van der Waals surface area contributed by atoms with Crippen molar-refractivity contribution >= 4 is 0 Å². The molecule has 2 N–H and O–H groups in total. The standard InChI is InChI=1S/C15H16O3/c1-2-18-10-12-9-14(17)7-8-15(12)11-3-5-13(16)6-4-11/h3-9,16-17H,2,10H2,1H3. The molecule has 0 bridgehead atoms. The Kier molecular flexibility index (Phi) is 3.85. The summed E-state index contributed by atoms with van der Waals surface area (Å²) in [6.45, 7) is 3.02. The van der Waals surface area contributed by atoms with Gasteiger partial charge in [0.1, 0.15) is 11.5 Å². The Bertz CT molecular complexity index is 518. The third-order valence-electron chi connectivity index (χ3n) is 2.73. The first-order valence-corrected chi connectivity index (χ1v) is 5.89. The molecule has 2 aromatic rings. The molecule has 3 nitrogen and oxygen atoms in total. The summed E-state index contributed by atoms with van der Waals surface area (Å²) in [5.41, 5.74) is 2.92. The molecular weight excluding hydrogens is 228 g/mol. The minimum Gasteiger partial charge on any atom is -0.508 e.